The number of nitrogens with zero attached hydrogens (tertiary/aromatic N) is 1. The number of alkyl halides is 2. The Kier molecular flexibility index (Phi) is 2.99. The maximum atomic E-state index is 13.3. The van der Waals surface area contributed by atoms with Crippen LogP contribution >= 0.6 is 0 Å². The van der Waals surface area contributed by atoms with E-state index in [4.69, 9.17) is 10.5 Å². The third-order valence-corrected chi connectivity index (χ3v) is 3.69. The van der Waals surface area contributed by atoms with E-state index in [1.165, 1.54) is 12.8 Å². The maximum absolute atomic E-state index is 13.3. The summed E-state index contributed by atoms with van der Waals surface area (Å²) >= 11 is 0. The van der Waals surface area contributed by atoms with E-state index >= 15 is 0 Å². The van der Waals surface area contributed by atoms with Crippen LogP contribution in [0.15, 0.2) is 18.2 Å². The van der Waals surface area contributed by atoms with E-state index < -0.39 is 5.92 Å². The van der Waals surface area contributed by atoms with Crippen LogP contribution in [0.2, 0.25) is 0 Å². The molecule has 0 spiro atoms. The zero-order valence-electron chi connectivity index (χ0n) is 10.7. The van der Waals surface area contributed by atoms with Crippen molar-refractivity contribution in [3.8, 4) is 5.75 Å². The average Bonchev–Trinajstić information content (AvgIpc) is 3.12. The predicted molar refractivity (Wildman–Crippen MR) is 70.9 cm³/mol. The lowest BCUT2D eigenvalue weighted by Gasteiger charge is -2.21. The molecule has 0 radical (unpaired) electrons. The summed E-state index contributed by atoms with van der Waals surface area (Å²) in [6.07, 6.45) is 2.33. The van der Waals surface area contributed by atoms with Crippen LogP contribution in [0.5, 0.6) is 5.75 Å². The van der Waals surface area contributed by atoms with Gasteiger partial charge in [0, 0.05) is 19.0 Å². The number of rotatable bonds is 4. The summed E-state index contributed by atoms with van der Waals surface area (Å²) in [5.74, 6) is -1.24. The first-order valence-electron chi connectivity index (χ1n) is 6.69. The monoisotopic (exact) mass is 268 g/mol. The standard InChI is InChI=1S/C14H18F2N2O/c15-14(16)5-6-18(9-14)13-7-11(3-4-12(13)17)19-8-10-1-2-10/h3-4,7,10H,1-2,5-6,8-9,17H2. The van der Waals surface area contributed by atoms with Gasteiger partial charge in [-0.1, -0.05) is 0 Å². The van der Waals surface area contributed by atoms with E-state index in [0.717, 1.165) is 0 Å². The van der Waals surface area contributed by atoms with E-state index in [2.05, 4.69) is 0 Å². The molecule has 19 heavy (non-hydrogen) atoms. The minimum absolute atomic E-state index is 0.112. The predicted octanol–water partition coefficient (Wildman–Crippen LogP) is 2.90. The van der Waals surface area contributed by atoms with E-state index in [9.17, 15) is 8.78 Å². The molecule has 0 unspecified atom stereocenters. The highest BCUT2D eigenvalue weighted by Gasteiger charge is 2.38. The molecule has 2 fully saturated rings. The molecular weight excluding hydrogens is 250 g/mol. The van der Waals surface area contributed by atoms with Crippen molar-refractivity contribution in [2.75, 3.05) is 30.3 Å². The zero-order valence-corrected chi connectivity index (χ0v) is 10.7. The molecule has 0 aromatic heterocycles. The van der Waals surface area contributed by atoms with Crippen LogP contribution in [0.25, 0.3) is 0 Å². The Balaban J connectivity index is 1.73. The van der Waals surface area contributed by atoms with Crippen molar-refractivity contribution in [3.05, 3.63) is 18.2 Å². The summed E-state index contributed by atoms with van der Waals surface area (Å²) < 4.78 is 32.2. The van der Waals surface area contributed by atoms with Crippen molar-refractivity contribution in [2.45, 2.75) is 25.2 Å². The average molecular weight is 268 g/mol. The first-order valence-corrected chi connectivity index (χ1v) is 6.69. The lowest BCUT2D eigenvalue weighted by atomic mass is 10.2. The number of ether oxygens (including phenoxy) is 1. The number of hydrogen-bond donors (Lipinski definition) is 1. The molecule has 1 aromatic carbocycles. The fraction of sp³-hybridized carbons (Fsp3) is 0.571. The molecule has 2 N–H and O–H groups in total. The molecule has 5 heteroatoms. The Labute approximate surface area is 111 Å². The van der Waals surface area contributed by atoms with E-state index in [-0.39, 0.29) is 13.0 Å². The Morgan fingerprint density at radius 3 is 2.79 bits per heavy atom. The highest BCUT2D eigenvalue weighted by Crippen LogP contribution is 2.36. The third-order valence-electron chi connectivity index (χ3n) is 3.69. The van der Waals surface area contributed by atoms with Gasteiger partial charge in [-0.25, -0.2) is 8.78 Å². The number of nitrogen functional groups attached to an aromatic ring is 1. The highest BCUT2D eigenvalue weighted by molar-refractivity contribution is 5.70. The Hall–Kier alpha value is -1.52. The lowest BCUT2D eigenvalue weighted by molar-refractivity contribution is 0.0257. The number of hydrogen-bond acceptors (Lipinski definition) is 3. The molecule has 1 aliphatic heterocycles. The quantitative estimate of drug-likeness (QED) is 0.853. The van der Waals surface area contributed by atoms with E-state index in [1.54, 1.807) is 23.1 Å². The van der Waals surface area contributed by atoms with E-state index in [1.807, 2.05) is 0 Å². The Morgan fingerprint density at radius 1 is 1.37 bits per heavy atom. The molecule has 0 atom stereocenters. The molecule has 1 aliphatic carbocycles. The SMILES string of the molecule is Nc1ccc(OCC2CC2)cc1N1CCC(F)(F)C1. The summed E-state index contributed by atoms with van der Waals surface area (Å²) in [7, 11) is 0. The van der Waals surface area contributed by atoms with Crippen molar-refractivity contribution in [1.29, 1.82) is 0 Å². The van der Waals surface area contributed by atoms with Gasteiger partial charge in [0.15, 0.2) is 0 Å². The van der Waals surface area contributed by atoms with Gasteiger partial charge in [-0.3, -0.25) is 0 Å². The van der Waals surface area contributed by atoms with Crippen LogP contribution in [0.1, 0.15) is 19.3 Å². The summed E-state index contributed by atoms with van der Waals surface area (Å²) in [4.78, 5) is 1.64. The molecule has 2 aliphatic rings. The van der Waals surface area contributed by atoms with Crippen LogP contribution in [-0.2, 0) is 0 Å². The number of halogens is 2. The molecule has 1 heterocycles. The van der Waals surface area contributed by atoms with Crippen LogP contribution in [0, 0.1) is 5.92 Å². The Morgan fingerprint density at radius 2 is 2.16 bits per heavy atom. The molecule has 104 valence electrons. The fourth-order valence-electron chi connectivity index (χ4n) is 2.33. The third kappa shape index (κ3) is 2.91. The van der Waals surface area contributed by atoms with Crippen LogP contribution in [0.4, 0.5) is 20.2 Å². The highest BCUT2D eigenvalue weighted by atomic mass is 19.3. The second-order valence-corrected chi connectivity index (χ2v) is 5.50. The van der Waals surface area contributed by atoms with Gasteiger partial charge in [0.1, 0.15) is 5.75 Å². The summed E-state index contributed by atoms with van der Waals surface area (Å²) in [5, 5.41) is 0. The summed E-state index contributed by atoms with van der Waals surface area (Å²) in [6.45, 7) is 0.784. The van der Waals surface area contributed by atoms with Crippen molar-refractivity contribution in [3.63, 3.8) is 0 Å². The first-order chi connectivity index (χ1) is 9.03. The minimum Gasteiger partial charge on any atom is -0.493 e. The molecule has 1 saturated heterocycles. The van der Waals surface area contributed by atoms with Gasteiger partial charge in [-0.2, -0.15) is 0 Å². The number of anilines is 2. The fourth-order valence-corrected chi connectivity index (χ4v) is 2.33. The maximum Gasteiger partial charge on any atom is 0.266 e. The van der Waals surface area contributed by atoms with Gasteiger partial charge in [-0.15, -0.1) is 0 Å². The van der Waals surface area contributed by atoms with Crippen molar-refractivity contribution in [2.24, 2.45) is 5.92 Å². The topological polar surface area (TPSA) is 38.5 Å². The molecular formula is C14H18F2N2O. The van der Waals surface area contributed by atoms with Gasteiger partial charge in [-0.05, 0) is 30.9 Å². The first kappa shape index (κ1) is 12.5. The minimum atomic E-state index is -2.61. The summed E-state index contributed by atoms with van der Waals surface area (Å²) in [5.41, 5.74) is 7.07. The van der Waals surface area contributed by atoms with Gasteiger partial charge >= 0.3 is 0 Å². The smallest absolute Gasteiger partial charge is 0.266 e. The van der Waals surface area contributed by atoms with Crippen LogP contribution < -0.4 is 15.4 Å². The van der Waals surface area contributed by atoms with Crippen LogP contribution in [0.3, 0.4) is 0 Å². The normalized spacial score (nSPS) is 21.7. The van der Waals surface area contributed by atoms with Crippen molar-refractivity contribution in [1.82, 2.24) is 0 Å². The Bertz CT molecular complexity index is 475. The summed E-state index contributed by atoms with van der Waals surface area (Å²) in [6, 6.07) is 5.31. The molecule has 3 nitrogen and oxygen atoms in total. The van der Waals surface area contributed by atoms with Gasteiger partial charge in [0.05, 0.1) is 24.5 Å². The number of nitrogens with two attached hydrogens (primary N) is 1. The molecule has 0 bridgehead atoms. The van der Waals surface area contributed by atoms with Crippen molar-refractivity contribution >= 4 is 11.4 Å². The molecule has 0 amide bonds. The van der Waals surface area contributed by atoms with Crippen LogP contribution in [-0.4, -0.2) is 25.6 Å². The number of benzene rings is 1. The second kappa shape index (κ2) is 4.54. The van der Waals surface area contributed by atoms with E-state index in [0.29, 0.717) is 36.2 Å². The largest absolute Gasteiger partial charge is 0.493 e. The zero-order chi connectivity index (χ0) is 13.5. The lowest BCUT2D eigenvalue weighted by Crippen LogP contribution is -2.25. The molecule has 3 rings (SSSR count). The molecule has 1 aromatic rings. The van der Waals surface area contributed by atoms with Gasteiger partial charge in [0.2, 0.25) is 0 Å². The van der Waals surface area contributed by atoms with Gasteiger partial charge in [0.25, 0.3) is 5.92 Å². The van der Waals surface area contributed by atoms with Gasteiger partial charge < -0.3 is 15.4 Å². The molecule has 1 saturated carbocycles. The second-order valence-electron chi connectivity index (χ2n) is 5.50. The van der Waals surface area contributed by atoms with Crippen molar-refractivity contribution < 1.29 is 13.5 Å².